The fraction of sp³-hybridized carbons (Fsp3) is 0.190. The molecule has 2 heterocycles. The van der Waals surface area contributed by atoms with Crippen molar-refractivity contribution in [2.75, 3.05) is 5.75 Å². The molecule has 1 N–H and O–H groups in total. The number of pyridine rings is 1. The van der Waals surface area contributed by atoms with E-state index in [-0.39, 0.29) is 50.0 Å². The molecule has 0 aliphatic rings. The molecule has 0 aliphatic carbocycles. The van der Waals surface area contributed by atoms with E-state index in [1.54, 1.807) is 25.1 Å². The van der Waals surface area contributed by atoms with Gasteiger partial charge in [0.1, 0.15) is 11.2 Å². The Balaban J connectivity index is 1.91. The van der Waals surface area contributed by atoms with Crippen LogP contribution in [0.4, 0.5) is 13.2 Å². The minimum atomic E-state index is -4.46. The lowest BCUT2D eigenvalue weighted by Crippen LogP contribution is -2.07. The molecule has 33 heavy (non-hydrogen) atoms. The van der Waals surface area contributed by atoms with Gasteiger partial charge >= 0.3 is 5.51 Å². The summed E-state index contributed by atoms with van der Waals surface area (Å²) in [6.45, 7) is 3.07. The van der Waals surface area contributed by atoms with E-state index in [4.69, 9.17) is 9.62 Å². The largest absolute Gasteiger partial charge is 0.446 e. The fourth-order valence-corrected chi connectivity index (χ4v) is 4.81. The normalized spacial score (nSPS) is 13.2. The predicted octanol–water partition coefficient (Wildman–Crippen LogP) is 5.65. The van der Waals surface area contributed by atoms with E-state index in [1.165, 1.54) is 31.2 Å². The van der Waals surface area contributed by atoms with Crippen LogP contribution in [0.3, 0.4) is 0 Å². The van der Waals surface area contributed by atoms with Crippen molar-refractivity contribution in [1.82, 2.24) is 9.97 Å². The number of fused-ring (bicyclic) bond motifs is 2. The van der Waals surface area contributed by atoms with Gasteiger partial charge in [-0.1, -0.05) is 18.1 Å². The Labute approximate surface area is 190 Å². The third-order valence-corrected chi connectivity index (χ3v) is 7.32. The number of hydrogen-bond donors (Lipinski definition) is 1. The van der Waals surface area contributed by atoms with Gasteiger partial charge in [-0.2, -0.15) is 13.2 Å². The van der Waals surface area contributed by atoms with Gasteiger partial charge in [0, 0.05) is 10.3 Å². The van der Waals surface area contributed by atoms with Gasteiger partial charge in [0.2, 0.25) is 5.89 Å². The van der Waals surface area contributed by atoms with Crippen molar-refractivity contribution < 1.29 is 31.2 Å². The maximum Gasteiger partial charge on any atom is 0.446 e. The Hall–Kier alpha value is -3.12. The molecule has 2 aromatic heterocycles. The number of hydrogen-bond acceptors (Lipinski definition) is 8. The summed E-state index contributed by atoms with van der Waals surface area (Å²) >= 11 is -0.282. The van der Waals surface area contributed by atoms with E-state index in [2.05, 4.69) is 15.1 Å². The molecule has 0 bridgehead atoms. The van der Waals surface area contributed by atoms with Crippen LogP contribution in [0.25, 0.3) is 33.6 Å². The van der Waals surface area contributed by atoms with E-state index >= 15 is 0 Å². The summed E-state index contributed by atoms with van der Waals surface area (Å²) in [5.74, 6) is -0.332. The first kappa shape index (κ1) is 23.1. The van der Waals surface area contributed by atoms with Crippen LogP contribution in [0.5, 0.6) is 0 Å². The van der Waals surface area contributed by atoms with Crippen LogP contribution in [-0.2, 0) is 9.84 Å². The number of nitrogens with zero attached hydrogens (tertiary/aromatic N) is 3. The SMILES string of the molecule is CCS(=O)(=O)c1cc2cc(/C(C)=N/O)ccc2nc1-c1nc2cc(SC(F)(F)F)ccc2o1. The van der Waals surface area contributed by atoms with Crippen molar-refractivity contribution in [3.8, 4) is 11.6 Å². The van der Waals surface area contributed by atoms with Gasteiger partial charge in [0.25, 0.3) is 0 Å². The molecule has 0 aliphatic heterocycles. The van der Waals surface area contributed by atoms with Gasteiger partial charge < -0.3 is 9.62 Å². The number of oxime groups is 1. The molecule has 12 heteroatoms. The molecule has 0 radical (unpaired) electrons. The van der Waals surface area contributed by atoms with Gasteiger partial charge in [0.05, 0.1) is 21.9 Å². The van der Waals surface area contributed by atoms with E-state index in [1.807, 2.05) is 0 Å². The van der Waals surface area contributed by atoms with Crippen molar-refractivity contribution in [1.29, 1.82) is 0 Å². The second-order valence-corrected chi connectivity index (χ2v) is 10.4. The smallest absolute Gasteiger partial charge is 0.435 e. The monoisotopic (exact) mass is 495 g/mol. The summed E-state index contributed by atoms with van der Waals surface area (Å²) < 4.78 is 69.5. The van der Waals surface area contributed by atoms with E-state index in [9.17, 15) is 21.6 Å². The van der Waals surface area contributed by atoms with Crippen molar-refractivity contribution in [2.45, 2.75) is 29.1 Å². The van der Waals surface area contributed by atoms with Gasteiger partial charge in [-0.25, -0.2) is 18.4 Å². The molecule has 0 fully saturated rings. The number of sulfone groups is 1. The second-order valence-electron chi connectivity index (χ2n) is 7.03. The molecule has 0 atom stereocenters. The standard InChI is InChI=1S/C21H16F3N3O4S2/c1-3-33(29,30)18-9-13-8-12(11(2)27-28)4-6-15(13)25-19(18)20-26-16-10-14(32-21(22,23)24)5-7-17(16)31-20/h4-10,28H,3H2,1-2H3/b27-11+. The highest BCUT2D eigenvalue weighted by atomic mass is 32.2. The van der Waals surface area contributed by atoms with Crippen LogP contribution >= 0.6 is 11.8 Å². The Morgan fingerprint density at radius 3 is 2.55 bits per heavy atom. The van der Waals surface area contributed by atoms with Crippen LogP contribution in [0, 0.1) is 0 Å². The third kappa shape index (κ3) is 4.67. The minimum Gasteiger partial charge on any atom is -0.435 e. The summed E-state index contributed by atoms with van der Waals surface area (Å²) in [5.41, 5.74) is -2.80. The highest BCUT2D eigenvalue weighted by Crippen LogP contribution is 2.39. The third-order valence-electron chi connectivity index (χ3n) is 4.86. The molecular weight excluding hydrogens is 479 g/mol. The summed E-state index contributed by atoms with van der Waals surface area (Å²) in [5, 5.41) is 12.7. The minimum absolute atomic E-state index is 0.0362. The number of alkyl halides is 3. The average Bonchev–Trinajstić information content (AvgIpc) is 3.19. The number of aromatic nitrogens is 2. The van der Waals surface area contributed by atoms with Crippen LogP contribution in [0.15, 0.2) is 61.8 Å². The maximum absolute atomic E-state index is 12.8. The average molecular weight is 496 g/mol. The topological polar surface area (TPSA) is 106 Å². The Morgan fingerprint density at radius 2 is 1.88 bits per heavy atom. The molecule has 0 amide bonds. The zero-order chi connectivity index (χ0) is 24.0. The number of benzene rings is 2. The molecule has 4 aromatic rings. The van der Waals surface area contributed by atoms with E-state index in [0.29, 0.717) is 22.2 Å². The summed E-state index contributed by atoms with van der Waals surface area (Å²) in [4.78, 5) is 8.47. The van der Waals surface area contributed by atoms with Crippen molar-refractivity contribution in [2.24, 2.45) is 5.16 Å². The molecule has 172 valence electrons. The van der Waals surface area contributed by atoms with Gasteiger partial charge in [-0.3, -0.25) is 0 Å². The molecule has 4 rings (SSSR count). The first-order valence-electron chi connectivity index (χ1n) is 9.54. The number of oxazole rings is 1. The lowest BCUT2D eigenvalue weighted by molar-refractivity contribution is -0.0328. The predicted molar refractivity (Wildman–Crippen MR) is 118 cm³/mol. The Bertz CT molecular complexity index is 1510. The number of thioether (sulfide) groups is 1. The van der Waals surface area contributed by atoms with E-state index in [0.717, 1.165) is 0 Å². The van der Waals surface area contributed by atoms with Gasteiger partial charge in [-0.15, -0.1) is 0 Å². The number of halogens is 3. The van der Waals surface area contributed by atoms with Crippen LogP contribution in [0.1, 0.15) is 19.4 Å². The van der Waals surface area contributed by atoms with Crippen LogP contribution in [0.2, 0.25) is 0 Å². The lowest BCUT2D eigenvalue weighted by Gasteiger charge is -2.09. The van der Waals surface area contributed by atoms with Crippen molar-refractivity contribution in [3.05, 3.63) is 48.0 Å². The molecule has 2 aromatic carbocycles. The molecule has 0 spiro atoms. The Kier molecular flexibility index (Phi) is 5.83. The van der Waals surface area contributed by atoms with Crippen LogP contribution < -0.4 is 0 Å². The quantitative estimate of drug-likeness (QED) is 0.165. The first-order valence-corrected chi connectivity index (χ1v) is 12.0. The van der Waals surface area contributed by atoms with Crippen LogP contribution in [-0.4, -0.2) is 40.6 Å². The van der Waals surface area contributed by atoms with Crippen molar-refractivity contribution in [3.63, 3.8) is 0 Å². The molecule has 7 nitrogen and oxygen atoms in total. The first-order chi connectivity index (χ1) is 15.5. The van der Waals surface area contributed by atoms with E-state index < -0.39 is 15.3 Å². The summed E-state index contributed by atoms with van der Waals surface area (Å²) in [7, 11) is -3.77. The summed E-state index contributed by atoms with van der Waals surface area (Å²) in [6, 6.07) is 10.2. The highest BCUT2D eigenvalue weighted by Gasteiger charge is 2.30. The molecule has 0 saturated heterocycles. The fourth-order valence-electron chi connectivity index (χ4n) is 3.19. The van der Waals surface area contributed by atoms with Gasteiger partial charge in [0.15, 0.2) is 15.4 Å². The van der Waals surface area contributed by atoms with Crippen molar-refractivity contribution >= 4 is 49.3 Å². The number of rotatable bonds is 5. The zero-order valence-electron chi connectivity index (χ0n) is 17.2. The lowest BCUT2D eigenvalue weighted by atomic mass is 10.1. The molecule has 0 unspecified atom stereocenters. The zero-order valence-corrected chi connectivity index (χ0v) is 18.8. The maximum atomic E-state index is 12.8. The molecule has 0 saturated carbocycles. The second kappa shape index (κ2) is 8.34. The highest BCUT2D eigenvalue weighted by molar-refractivity contribution is 8.00. The summed E-state index contributed by atoms with van der Waals surface area (Å²) in [6.07, 6.45) is 0. The van der Waals surface area contributed by atoms with Gasteiger partial charge in [-0.05, 0) is 60.6 Å². The Morgan fingerprint density at radius 1 is 1.12 bits per heavy atom. The molecular formula is C21H16F3N3O4S2.